The molecule has 142 valence electrons. The molecular formula is C23H29N3O. The molecule has 1 atom stereocenters. The highest BCUT2D eigenvalue weighted by Crippen LogP contribution is 2.29. The summed E-state index contributed by atoms with van der Waals surface area (Å²) < 4.78 is 0. The molecule has 0 bridgehead atoms. The van der Waals surface area contributed by atoms with Crippen molar-refractivity contribution in [3.05, 3.63) is 65.2 Å². The number of rotatable bonds is 4. The summed E-state index contributed by atoms with van der Waals surface area (Å²) in [6.45, 7) is 6.48. The van der Waals surface area contributed by atoms with Crippen LogP contribution in [0.4, 0.5) is 5.69 Å². The Morgan fingerprint density at radius 3 is 2.59 bits per heavy atom. The van der Waals surface area contributed by atoms with E-state index < -0.39 is 0 Å². The van der Waals surface area contributed by atoms with E-state index in [4.69, 9.17) is 0 Å². The molecule has 2 aliphatic rings. The second kappa shape index (κ2) is 8.13. The minimum Gasteiger partial charge on any atom is -0.369 e. The van der Waals surface area contributed by atoms with Gasteiger partial charge in [0.05, 0.1) is 12.6 Å². The van der Waals surface area contributed by atoms with E-state index >= 15 is 0 Å². The van der Waals surface area contributed by atoms with Gasteiger partial charge in [0.15, 0.2) is 0 Å². The molecule has 0 unspecified atom stereocenters. The maximum absolute atomic E-state index is 12.6. The highest BCUT2D eigenvalue weighted by Gasteiger charge is 2.24. The summed E-state index contributed by atoms with van der Waals surface area (Å²) in [5, 5.41) is 3.28. The van der Waals surface area contributed by atoms with Crippen molar-refractivity contribution in [3.63, 3.8) is 0 Å². The van der Waals surface area contributed by atoms with Crippen molar-refractivity contribution in [1.29, 1.82) is 0 Å². The van der Waals surface area contributed by atoms with Crippen LogP contribution >= 0.6 is 0 Å². The molecule has 1 aliphatic heterocycles. The van der Waals surface area contributed by atoms with E-state index in [-0.39, 0.29) is 11.9 Å². The molecule has 2 aromatic rings. The number of hydrogen-bond donors (Lipinski definition) is 1. The van der Waals surface area contributed by atoms with Crippen LogP contribution in [0.15, 0.2) is 48.5 Å². The summed E-state index contributed by atoms with van der Waals surface area (Å²) in [5.41, 5.74) is 5.34. The molecule has 0 aromatic heterocycles. The largest absolute Gasteiger partial charge is 0.369 e. The molecule has 1 N–H and O–H groups in total. The zero-order chi connectivity index (χ0) is 18.6. The average molecular weight is 364 g/mol. The number of anilines is 1. The number of nitrogens with one attached hydrogen (secondary N) is 1. The van der Waals surface area contributed by atoms with E-state index in [1.54, 1.807) is 0 Å². The number of benzene rings is 2. The Bertz CT molecular complexity index is 796. The first-order valence-corrected chi connectivity index (χ1v) is 10.1. The van der Waals surface area contributed by atoms with Gasteiger partial charge in [0, 0.05) is 31.9 Å². The fourth-order valence-corrected chi connectivity index (χ4v) is 4.41. The Morgan fingerprint density at radius 1 is 1.04 bits per heavy atom. The molecule has 0 saturated carbocycles. The van der Waals surface area contributed by atoms with Crippen LogP contribution in [-0.4, -0.2) is 43.5 Å². The smallest absolute Gasteiger partial charge is 0.234 e. The number of fused-ring (bicyclic) bond motifs is 1. The lowest BCUT2D eigenvalue weighted by Gasteiger charge is -2.36. The fourth-order valence-electron chi connectivity index (χ4n) is 4.41. The van der Waals surface area contributed by atoms with Crippen LogP contribution in [0.1, 0.15) is 35.6 Å². The molecule has 2 aromatic carbocycles. The topological polar surface area (TPSA) is 35.6 Å². The molecule has 1 amide bonds. The lowest BCUT2D eigenvalue weighted by molar-refractivity contribution is -0.123. The van der Waals surface area contributed by atoms with Crippen LogP contribution in [0.3, 0.4) is 0 Å². The zero-order valence-corrected chi connectivity index (χ0v) is 16.2. The Balaban J connectivity index is 1.30. The van der Waals surface area contributed by atoms with Gasteiger partial charge in [0.25, 0.3) is 0 Å². The second-order valence-electron chi connectivity index (χ2n) is 7.76. The van der Waals surface area contributed by atoms with E-state index in [2.05, 4.69) is 70.6 Å². The normalized spacial score (nSPS) is 20.2. The van der Waals surface area contributed by atoms with Crippen molar-refractivity contribution in [2.75, 3.05) is 37.6 Å². The van der Waals surface area contributed by atoms with Gasteiger partial charge < -0.3 is 10.2 Å². The number of nitrogens with zero attached hydrogens (tertiary/aromatic N) is 2. The molecule has 4 rings (SSSR count). The molecule has 1 aliphatic carbocycles. The minimum absolute atomic E-state index is 0.154. The fraction of sp³-hybridized carbons (Fsp3) is 0.435. The van der Waals surface area contributed by atoms with Crippen molar-refractivity contribution in [2.45, 2.75) is 32.2 Å². The van der Waals surface area contributed by atoms with Gasteiger partial charge in [-0.25, -0.2) is 0 Å². The predicted molar refractivity (Wildman–Crippen MR) is 110 cm³/mol. The van der Waals surface area contributed by atoms with Crippen LogP contribution in [0.2, 0.25) is 0 Å². The number of carbonyl (C=O) groups excluding carboxylic acids is 1. The SMILES string of the molecule is Cc1ccccc1N1CCN(CC(=O)N[C@H]2CCCc3ccccc32)CC1. The molecule has 27 heavy (non-hydrogen) atoms. The van der Waals surface area contributed by atoms with Crippen molar-refractivity contribution in [3.8, 4) is 0 Å². The standard InChI is InChI=1S/C23H29N3O/c1-18-7-2-5-12-22(18)26-15-13-25(14-16-26)17-23(27)24-21-11-6-9-19-8-3-4-10-20(19)21/h2-5,7-8,10,12,21H,6,9,11,13-17H2,1H3,(H,24,27)/t21-/m0/s1. The number of carbonyl (C=O) groups is 1. The van der Waals surface area contributed by atoms with Crippen molar-refractivity contribution in [1.82, 2.24) is 10.2 Å². The van der Waals surface area contributed by atoms with Gasteiger partial charge in [-0.15, -0.1) is 0 Å². The van der Waals surface area contributed by atoms with Crippen molar-refractivity contribution < 1.29 is 4.79 Å². The van der Waals surface area contributed by atoms with Crippen molar-refractivity contribution >= 4 is 11.6 Å². The lowest BCUT2D eigenvalue weighted by Crippen LogP contribution is -2.50. The third-order valence-corrected chi connectivity index (χ3v) is 5.90. The van der Waals surface area contributed by atoms with Crippen LogP contribution in [0.5, 0.6) is 0 Å². The Morgan fingerprint density at radius 2 is 1.78 bits per heavy atom. The Hall–Kier alpha value is -2.33. The molecule has 1 fully saturated rings. The van der Waals surface area contributed by atoms with Crippen LogP contribution in [-0.2, 0) is 11.2 Å². The summed E-state index contributed by atoms with van der Waals surface area (Å²) in [7, 11) is 0. The van der Waals surface area contributed by atoms with Crippen molar-refractivity contribution in [2.24, 2.45) is 0 Å². The summed E-state index contributed by atoms with van der Waals surface area (Å²) in [6, 6.07) is 17.3. The molecule has 0 radical (unpaired) electrons. The molecule has 1 heterocycles. The minimum atomic E-state index is 0.154. The van der Waals surface area contributed by atoms with Gasteiger partial charge >= 0.3 is 0 Å². The van der Waals surface area contributed by atoms with Crippen LogP contribution in [0.25, 0.3) is 0 Å². The summed E-state index contributed by atoms with van der Waals surface area (Å²) >= 11 is 0. The second-order valence-corrected chi connectivity index (χ2v) is 7.76. The van der Waals surface area contributed by atoms with Gasteiger partial charge in [-0.3, -0.25) is 9.69 Å². The van der Waals surface area contributed by atoms with Crippen LogP contribution in [0, 0.1) is 6.92 Å². The average Bonchev–Trinajstić information content (AvgIpc) is 2.69. The maximum Gasteiger partial charge on any atom is 0.234 e. The first kappa shape index (κ1) is 18.1. The van der Waals surface area contributed by atoms with Gasteiger partial charge in [-0.05, 0) is 48.9 Å². The van der Waals surface area contributed by atoms with Gasteiger partial charge in [-0.2, -0.15) is 0 Å². The molecule has 0 spiro atoms. The molecule has 1 saturated heterocycles. The molecule has 4 nitrogen and oxygen atoms in total. The van der Waals surface area contributed by atoms with Crippen LogP contribution < -0.4 is 10.2 Å². The Kier molecular flexibility index (Phi) is 5.44. The number of aryl methyl sites for hydroxylation is 2. The summed E-state index contributed by atoms with van der Waals surface area (Å²) in [5.74, 6) is 0.154. The zero-order valence-electron chi connectivity index (χ0n) is 16.2. The third-order valence-electron chi connectivity index (χ3n) is 5.90. The maximum atomic E-state index is 12.6. The molecule has 4 heteroatoms. The number of para-hydroxylation sites is 1. The van der Waals surface area contributed by atoms with E-state index in [0.29, 0.717) is 6.54 Å². The van der Waals surface area contributed by atoms with Gasteiger partial charge in [0.1, 0.15) is 0 Å². The quantitative estimate of drug-likeness (QED) is 0.905. The van der Waals surface area contributed by atoms with E-state index in [9.17, 15) is 4.79 Å². The summed E-state index contributed by atoms with van der Waals surface area (Å²) in [6.07, 6.45) is 3.32. The first-order valence-electron chi connectivity index (χ1n) is 10.1. The summed E-state index contributed by atoms with van der Waals surface area (Å²) in [4.78, 5) is 17.3. The van der Waals surface area contributed by atoms with Gasteiger partial charge in [-0.1, -0.05) is 42.5 Å². The highest BCUT2D eigenvalue weighted by atomic mass is 16.2. The van der Waals surface area contributed by atoms with E-state index in [1.165, 1.54) is 22.4 Å². The number of hydrogen-bond acceptors (Lipinski definition) is 3. The lowest BCUT2D eigenvalue weighted by atomic mass is 9.88. The first-order chi connectivity index (χ1) is 13.2. The number of piperazine rings is 1. The monoisotopic (exact) mass is 363 g/mol. The van der Waals surface area contributed by atoms with E-state index in [1.807, 2.05) is 0 Å². The molecular weight excluding hydrogens is 334 g/mol. The highest BCUT2D eigenvalue weighted by molar-refractivity contribution is 5.78. The number of amides is 1. The van der Waals surface area contributed by atoms with E-state index in [0.717, 1.165) is 45.4 Å². The van der Waals surface area contributed by atoms with Gasteiger partial charge in [0.2, 0.25) is 5.91 Å². The third kappa shape index (κ3) is 4.16. The predicted octanol–water partition coefficient (Wildman–Crippen LogP) is 3.31. The Labute approximate surface area is 162 Å².